The SMILES string of the molecule is CC(C)C(=O)Nc1cc2ccccc2cc1C(=O)N1CCc2ccccc21. The summed E-state index contributed by atoms with van der Waals surface area (Å²) in [5.41, 5.74) is 3.23. The molecule has 136 valence electrons. The Labute approximate surface area is 158 Å². The number of amides is 2. The molecule has 0 saturated carbocycles. The maximum Gasteiger partial charge on any atom is 0.260 e. The Morgan fingerprint density at radius 2 is 1.63 bits per heavy atom. The van der Waals surface area contributed by atoms with Crippen LogP contribution in [0.15, 0.2) is 60.7 Å². The number of hydrogen-bond acceptors (Lipinski definition) is 2. The quantitative estimate of drug-likeness (QED) is 0.742. The highest BCUT2D eigenvalue weighted by molar-refractivity contribution is 6.14. The predicted molar refractivity (Wildman–Crippen MR) is 109 cm³/mol. The van der Waals surface area contributed by atoms with Crippen molar-refractivity contribution < 1.29 is 9.59 Å². The Balaban J connectivity index is 1.79. The molecule has 0 spiro atoms. The van der Waals surface area contributed by atoms with Crippen LogP contribution < -0.4 is 10.2 Å². The zero-order valence-corrected chi connectivity index (χ0v) is 15.5. The maximum atomic E-state index is 13.4. The van der Waals surface area contributed by atoms with Crippen LogP contribution in [0.4, 0.5) is 11.4 Å². The van der Waals surface area contributed by atoms with Gasteiger partial charge < -0.3 is 10.2 Å². The number of benzene rings is 3. The van der Waals surface area contributed by atoms with Gasteiger partial charge in [-0.1, -0.05) is 56.3 Å². The van der Waals surface area contributed by atoms with Crippen molar-refractivity contribution in [1.29, 1.82) is 0 Å². The summed E-state index contributed by atoms with van der Waals surface area (Å²) < 4.78 is 0. The van der Waals surface area contributed by atoms with Gasteiger partial charge in [-0.05, 0) is 41.0 Å². The van der Waals surface area contributed by atoms with Crippen molar-refractivity contribution in [3.63, 3.8) is 0 Å². The molecule has 3 aromatic rings. The molecule has 3 aromatic carbocycles. The molecule has 0 aromatic heterocycles. The van der Waals surface area contributed by atoms with Crippen LogP contribution in [0.2, 0.25) is 0 Å². The maximum absolute atomic E-state index is 13.4. The number of nitrogens with zero attached hydrogens (tertiary/aromatic N) is 1. The summed E-state index contributed by atoms with van der Waals surface area (Å²) >= 11 is 0. The van der Waals surface area contributed by atoms with Crippen molar-refractivity contribution in [2.45, 2.75) is 20.3 Å². The molecule has 4 nitrogen and oxygen atoms in total. The van der Waals surface area contributed by atoms with Crippen molar-refractivity contribution in [3.05, 3.63) is 71.8 Å². The highest BCUT2D eigenvalue weighted by atomic mass is 16.2. The molecule has 4 rings (SSSR count). The molecule has 2 amide bonds. The molecule has 0 atom stereocenters. The van der Waals surface area contributed by atoms with Crippen molar-refractivity contribution in [2.24, 2.45) is 5.92 Å². The molecular weight excluding hydrogens is 336 g/mol. The Bertz CT molecular complexity index is 1040. The third-order valence-electron chi connectivity index (χ3n) is 5.03. The fraction of sp³-hybridized carbons (Fsp3) is 0.217. The van der Waals surface area contributed by atoms with Gasteiger partial charge in [0.1, 0.15) is 0 Å². The third-order valence-corrected chi connectivity index (χ3v) is 5.03. The zero-order valence-electron chi connectivity index (χ0n) is 15.5. The van der Waals surface area contributed by atoms with E-state index in [2.05, 4.69) is 11.4 Å². The molecule has 0 aliphatic carbocycles. The van der Waals surface area contributed by atoms with Gasteiger partial charge in [0.15, 0.2) is 0 Å². The van der Waals surface area contributed by atoms with E-state index >= 15 is 0 Å². The lowest BCUT2D eigenvalue weighted by Gasteiger charge is -2.20. The van der Waals surface area contributed by atoms with Crippen LogP contribution in [0, 0.1) is 5.92 Å². The largest absolute Gasteiger partial charge is 0.325 e. The van der Waals surface area contributed by atoms with Gasteiger partial charge in [0, 0.05) is 18.2 Å². The van der Waals surface area contributed by atoms with E-state index < -0.39 is 0 Å². The first-order valence-electron chi connectivity index (χ1n) is 9.28. The lowest BCUT2D eigenvalue weighted by molar-refractivity contribution is -0.118. The first kappa shape index (κ1) is 17.3. The third kappa shape index (κ3) is 3.19. The number of hydrogen-bond donors (Lipinski definition) is 1. The summed E-state index contributed by atoms with van der Waals surface area (Å²) in [7, 11) is 0. The van der Waals surface area contributed by atoms with Gasteiger partial charge in [0.05, 0.1) is 11.3 Å². The second-order valence-electron chi connectivity index (χ2n) is 7.22. The number of anilines is 2. The molecule has 0 fully saturated rings. The topological polar surface area (TPSA) is 49.4 Å². The summed E-state index contributed by atoms with van der Waals surface area (Å²) in [5.74, 6) is -0.335. The van der Waals surface area contributed by atoms with Crippen LogP contribution in [0.1, 0.15) is 29.8 Å². The van der Waals surface area contributed by atoms with Gasteiger partial charge in [-0.2, -0.15) is 0 Å². The van der Waals surface area contributed by atoms with E-state index in [1.54, 1.807) is 0 Å². The number of rotatable bonds is 3. The molecule has 1 N–H and O–H groups in total. The monoisotopic (exact) mass is 358 g/mol. The van der Waals surface area contributed by atoms with Crippen LogP contribution in [0.5, 0.6) is 0 Å². The van der Waals surface area contributed by atoms with Crippen LogP contribution in [-0.4, -0.2) is 18.4 Å². The van der Waals surface area contributed by atoms with E-state index in [-0.39, 0.29) is 17.7 Å². The molecule has 0 saturated heterocycles. The van der Waals surface area contributed by atoms with E-state index in [1.807, 2.05) is 73.3 Å². The van der Waals surface area contributed by atoms with Crippen molar-refractivity contribution in [3.8, 4) is 0 Å². The molecule has 0 bridgehead atoms. The number of nitrogens with one attached hydrogen (secondary N) is 1. The second kappa shape index (κ2) is 6.88. The summed E-state index contributed by atoms with van der Waals surface area (Å²) in [6.45, 7) is 4.34. The summed E-state index contributed by atoms with van der Waals surface area (Å²) in [6, 6.07) is 19.6. The van der Waals surface area contributed by atoms with E-state index in [4.69, 9.17) is 0 Å². The molecule has 4 heteroatoms. The second-order valence-corrected chi connectivity index (χ2v) is 7.22. The Kier molecular flexibility index (Phi) is 4.40. The van der Waals surface area contributed by atoms with Gasteiger partial charge in [-0.15, -0.1) is 0 Å². The Hall–Kier alpha value is -3.14. The van der Waals surface area contributed by atoms with Crippen LogP contribution >= 0.6 is 0 Å². The van der Waals surface area contributed by atoms with Crippen molar-refractivity contribution >= 4 is 34.0 Å². The van der Waals surface area contributed by atoms with Crippen molar-refractivity contribution in [1.82, 2.24) is 0 Å². The molecular formula is C23H22N2O2. The van der Waals surface area contributed by atoms with E-state index in [0.29, 0.717) is 17.8 Å². The normalized spacial score (nSPS) is 13.1. The number of carbonyl (C=O) groups is 2. The molecule has 0 unspecified atom stereocenters. The average molecular weight is 358 g/mol. The summed E-state index contributed by atoms with van der Waals surface area (Å²) in [6.07, 6.45) is 0.850. The van der Waals surface area contributed by atoms with E-state index in [0.717, 1.165) is 22.9 Å². The highest BCUT2D eigenvalue weighted by Gasteiger charge is 2.27. The fourth-order valence-corrected chi connectivity index (χ4v) is 3.49. The van der Waals surface area contributed by atoms with Crippen LogP contribution in [0.25, 0.3) is 10.8 Å². The van der Waals surface area contributed by atoms with E-state index in [1.165, 1.54) is 5.56 Å². The van der Waals surface area contributed by atoms with Crippen molar-refractivity contribution in [2.75, 3.05) is 16.8 Å². The lowest BCUT2D eigenvalue weighted by atomic mass is 10.0. The first-order chi connectivity index (χ1) is 13.0. The van der Waals surface area contributed by atoms with Gasteiger partial charge in [0.2, 0.25) is 5.91 Å². The lowest BCUT2D eigenvalue weighted by Crippen LogP contribution is -2.30. The minimum atomic E-state index is -0.160. The first-order valence-corrected chi connectivity index (χ1v) is 9.28. The summed E-state index contributed by atoms with van der Waals surface area (Å²) in [4.78, 5) is 27.5. The number of para-hydroxylation sites is 1. The standard InChI is InChI=1S/C23H22N2O2/c1-15(2)22(26)24-20-14-18-9-4-3-8-17(18)13-19(20)23(27)25-12-11-16-7-5-6-10-21(16)25/h3-10,13-15H,11-12H2,1-2H3,(H,24,26). The molecule has 1 aliphatic heterocycles. The van der Waals surface area contributed by atoms with E-state index in [9.17, 15) is 9.59 Å². The van der Waals surface area contributed by atoms with Crippen LogP contribution in [-0.2, 0) is 11.2 Å². The zero-order chi connectivity index (χ0) is 19.0. The molecule has 1 aliphatic rings. The minimum Gasteiger partial charge on any atom is -0.325 e. The number of fused-ring (bicyclic) bond motifs is 2. The fourth-order valence-electron chi connectivity index (χ4n) is 3.49. The summed E-state index contributed by atoms with van der Waals surface area (Å²) in [5, 5.41) is 4.92. The molecule has 0 radical (unpaired) electrons. The smallest absolute Gasteiger partial charge is 0.260 e. The molecule has 27 heavy (non-hydrogen) atoms. The van der Waals surface area contributed by atoms with Gasteiger partial charge in [0.25, 0.3) is 5.91 Å². The Morgan fingerprint density at radius 3 is 2.37 bits per heavy atom. The molecule has 1 heterocycles. The predicted octanol–water partition coefficient (Wildman–Crippen LogP) is 4.64. The van der Waals surface area contributed by atoms with Crippen LogP contribution in [0.3, 0.4) is 0 Å². The average Bonchev–Trinajstić information content (AvgIpc) is 3.11. The van der Waals surface area contributed by atoms with Gasteiger partial charge in [-0.3, -0.25) is 9.59 Å². The number of carbonyl (C=O) groups excluding carboxylic acids is 2. The van der Waals surface area contributed by atoms with Gasteiger partial charge in [-0.25, -0.2) is 0 Å². The Morgan fingerprint density at radius 1 is 0.963 bits per heavy atom. The highest BCUT2D eigenvalue weighted by Crippen LogP contribution is 2.32. The minimum absolute atomic E-state index is 0.0789. The van der Waals surface area contributed by atoms with Gasteiger partial charge >= 0.3 is 0 Å².